The molecule has 0 heterocycles. The highest BCUT2D eigenvalue weighted by Gasteiger charge is 2.75. The number of halogens is 6. The standard InChI is InChI=1S/C16H18F6O3/c1-9(2)6-10-4-3-5-11(7-10)8-12(23)13(24)14(25,15(17,18)19)16(20,21)22/h3-5,7,9,13,24-25H,6,8H2,1-2H3. The van der Waals surface area contributed by atoms with E-state index in [0.29, 0.717) is 6.42 Å². The second-order valence-electron chi connectivity index (χ2n) is 6.23. The molecule has 1 aromatic rings. The van der Waals surface area contributed by atoms with E-state index in [0.717, 1.165) is 5.56 Å². The third-order valence-electron chi connectivity index (χ3n) is 3.58. The molecule has 1 aromatic carbocycles. The van der Waals surface area contributed by atoms with Gasteiger partial charge in [-0.05, 0) is 23.5 Å². The van der Waals surface area contributed by atoms with Crippen LogP contribution in [0.1, 0.15) is 25.0 Å². The van der Waals surface area contributed by atoms with Gasteiger partial charge in [0.2, 0.25) is 0 Å². The van der Waals surface area contributed by atoms with Crippen molar-refractivity contribution in [2.45, 2.75) is 50.7 Å². The minimum absolute atomic E-state index is 0.147. The van der Waals surface area contributed by atoms with E-state index in [2.05, 4.69) is 0 Å². The Kier molecular flexibility index (Phi) is 6.28. The van der Waals surface area contributed by atoms with Gasteiger partial charge in [-0.15, -0.1) is 0 Å². The molecular formula is C16H18F6O3. The van der Waals surface area contributed by atoms with Crippen LogP contribution >= 0.6 is 0 Å². The number of carbonyl (C=O) groups excluding carboxylic acids is 1. The van der Waals surface area contributed by atoms with E-state index in [-0.39, 0.29) is 11.5 Å². The molecule has 0 spiro atoms. The molecule has 1 rings (SSSR count). The molecule has 1 atom stereocenters. The lowest BCUT2D eigenvalue weighted by molar-refractivity contribution is -0.386. The Balaban J connectivity index is 3.06. The smallest absolute Gasteiger partial charge is 0.382 e. The van der Waals surface area contributed by atoms with E-state index < -0.39 is 36.3 Å². The first kappa shape index (κ1) is 21.4. The summed E-state index contributed by atoms with van der Waals surface area (Å²) in [5.41, 5.74) is -4.63. The second-order valence-corrected chi connectivity index (χ2v) is 6.23. The number of hydrogen-bond donors (Lipinski definition) is 2. The molecule has 3 nitrogen and oxygen atoms in total. The summed E-state index contributed by atoms with van der Waals surface area (Å²) in [5.74, 6) is -1.53. The van der Waals surface area contributed by atoms with Crippen LogP contribution in [0, 0.1) is 5.92 Å². The zero-order chi connectivity index (χ0) is 19.6. The van der Waals surface area contributed by atoms with Gasteiger partial charge in [-0.25, -0.2) is 0 Å². The summed E-state index contributed by atoms with van der Waals surface area (Å²) in [4.78, 5) is 11.8. The largest absolute Gasteiger partial charge is 0.429 e. The molecule has 0 saturated carbocycles. The van der Waals surface area contributed by atoms with Gasteiger partial charge in [-0.2, -0.15) is 26.3 Å². The van der Waals surface area contributed by atoms with Crippen LogP contribution in [0.4, 0.5) is 26.3 Å². The maximum atomic E-state index is 12.7. The lowest BCUT2D eigenvalue weighted by Crippen LogP contribution is -2.66. The number of aliphatic hydroxyl groups is 2. The molecule has 25 heavy (non-hydrogen) atoms. The van der Waals surface area contributed by atoms with Crippen LogP contribution in [-0.4, -0.2) is 40.1 Å². The Hall–Kier alpha value is -1.61. The highest BCUT2D eigenvalue weighted by molar-refractivity contribution is 5.86. The summed E-state index contributed by atoms with van der Waals surface area (Å²) in [6.07, 6.45) is -16.5. The molecule has 0 amide bonds. The SMILES string of the molecule is CC(C)Cc1cccc(CC(=O)C(O)C(O)(C(F)(F)F)C(F)(F)F)c1. The fraction of sp³-hybridized carbons (Fsp3) is 0.562. The third-order valence-corrected chi connectivity index (χ3v) is 3.58. The van der Waals surface area contributed by atoms with E-state index in [1.807, 2.05) is 13.8 Å². The van der Waals surface area contributed by atoms with Gasteiger partial charge in [-0.3, -0.25) is 4.79 Å². The predicted octanol–water partition coefficient (Wildman–Crippen LogP) is 3.21. The molecule has 0 fully saturated rings. The van der Waals surface area contributed by atoms with Gasteiger partial charge in [0, 0.05) is 6.42 Å². The Morgan fingerprint density at radius 3 is 1.96 bits per heavy atom. The molecule has 0 aliphatic heterocycles. The maximum absolute atomic E-state index is 12.7. The summed E-state index contributed by atoms with van der Waals surface area (Å²) in [6, 6.07) is 6.01. The molecule has 0 aromatic heterocycles. The van der Waals surface area contributed by atoms with Crippen molar-refractivity contribution in [2.24, 2.45) is 5.92 Å². The average molecular weight is 372 g/mol. The Labute approximate surface area is 140 Å². The van der Waals surface area contributed by atoms with E-state index in [1.54, 1.807) is 6.07 Å². The monoisotopic (exact) mass is 372 g/mol. The maximum Gasteiger partial charge on any atom is 0.429 e. The molecule has 9 heteroatoms. The van der Waals surface area contributed by atoms with Gasteiger partial charge >= 0.3 is 12.4 Å². The van der Waals surface area contributed by atoms with Gasteiger partial charge in [0.25, 0.3) is 5.60 Å². The minimum atomic E-state index is -6.26. The Morgan fingerprint density at radius 2 is 1.52 bits per heavy atom. The highest BCUT2D eigenvalue weighted by Crippen LogP contribution is 2.45. The topological polar surface area (TPSA) is 57.5 Å². The molecule has 2 N–H and O–H groups in total. The summed E-state index contributed by atoms with van der Waals surface area (Å²) >= 11 is 0. The number of alkyl halides is 6. The summed E-state index contributed by atoms with van der Waals surface area (Å²) in [5, 5.41) is 18.4. The number of rotatable bonds is 6. The Morgan fingerprint density at radius 1 is 1.04 bits per heavy atom. The second kappa shape index (κ2) is 7.33. The normalized spacial score (nSPS) is 14.7. The zero-order valence-corrected chi connectivity index (χ0v) is 13.4. The zero-order valence-electron chi connectivity index (χ0n) is 13.4. The lowest BCUT2D eigenvalue weighted by atomic mass is 9.89. The molecule has 0 bridgehead atoms. The highest BCUT2D eigenvalue weighted by atomic mass is 19.4. The Bertz CT molecular complexity index is 593. The molecular weight excluding hydrogens is 354 g/mol. The van der Waals surface area contributed by atoms with Crippen LogP contribution in [-0.2, 0) is 17.6 Å². The summed E-state index contributed by atoms with van der Waals surface area (Å²) in [6.45, 7) is 3.82. The molecule has 0 radical (unpaired) electrons. The lowest BCUT2D eigenvalue weighted by Gasteiger charge is -2.35. The van der Waals surface area contributed by atoms with Crippen LogP contribution in [0.15, 0.2) is 24.3 Å². The first-order valence-electron chi connectivity index (χ1n) is 7.34. The minimum Gasteiger partial charge on any atom is -0.382 e. The van der Waals surface area contributed by atoms with E-state index in [1.165, 1.54) is 18.2 Å². The van der Waals surface area contributed by atoms with Gasteiger partial charge in [0.15, 0.2) is 11.9 Å². The molecule has 0 saturated heterocycles. The van der Waals surface area contributed by atoms with Crippen molar-refractivity contribution in [3.63, 3.8) is 0 Å². The number of Topliss-reactive ketones (excluding diaryl/α,β-unsaturated/α-hetero) is 1. The molecule has 142 valence electrons. The first-order chi connectivity index (χ1) is 11.2. The van der Waals surface area contributed by atoms with E-state index in [9.17, 15) is 36.2 Å². The van der Waals surface area contributed by atoms with Crippen LogP contribution in [0.5, 0.6) is 0 Å². The number of benzene rings is 1. The third kappa shape index (κ3) is 4.72. The van der Waals surface area contributed by atoms with Crippen molar-refractivity contribution < 1.29 is 41.4 Å². The number of hydrogen-bond acceptors (Lipinski definition) is 3. The van der Waals surface area contributed by atoms with Crippen molar-refractivity contribution in [3.8, 4) is 0 Å². The summed E-state index contributed by atoms with van der Waals surface area (Å²) in [7, 11) is 0. The van der Waals surface area contributed by atoms with Gasteiger partial charge < -0.3 is 10.2 Å². The molecule has 0 aliphatic rings. The number of carbonyl (C=O) groups is 1. The number of ketones is 1. The summed E-state index contributed by atoms with van der Waals surface area (Å²) < 4.78 is 76.1. The fourth-order valence-corrected chi connectivity index (χ4v) is 2.34. The van der Waals surface area contributed by atoms with Crippen molar-refractivity contribution in [2.75, 3.05) is 0 Å². The van der Waals surface area contributed by atoms with Crippen LogP contribution in [0.3, 0.4) is 0 Å². The van der Waals surface area contributed by atoms with Gasteiger partial charge in [0.05, 0.1) is 0 Å². The van der Waals surface area contributed by atoms with Crippen molar-refractivity contribution in [3.05, 3.63) is 35.4 Å². The molecule has 0 aliphatic carbocycles. The average Bonchev–Trinajstić information content (AvgIpc) is 2.42. The first-order valence-corrected chi connectivity index (χ1v) is 7.34. The fourth-order valence-electron chi connectivity index (χ4n) is 2.34. The predicted molar refractivity (Wildman–Crippen MR) is 76.8 cm³/mol. The van der Waals surface area contributed by atoms with E-state index >= 15 is 0 Å². The van der Waals surface area contributed by atoms with Crippen molar-refractivity contribution in [1.82, 2.24) is 0 Å². The number of aliphatic hydroxyl groups excluding tert-OH is 1. The van der Waals surface area contributed by atoms with Gasteiger partial charge in [0.1, 0.15) is 0 Å². The van der Waals surface area contributed by atoms with Crippen molar-refractivity contribution >= 4 is 5.78 Å². The van der Waals surface area contributed by atoms with Crippen LogP contribution < -0.4 is 0 Å². The van der Waals surface area contributed by atoms with Gasteiger partial charge in [-0.1, -0.05) is 38.1 Å². The van der Waals surface area contributed by atoms with E-state index in [4.69, 9.17) is 5.11 Å². The van der Waals surface area contributed by atoms with Crippen molar-refractivity contribution in [1.29, 1.82) is 0 Å². The quantitative estimate of drug-likeness (QED) is 0.754. The van der Waals surface area contributed by atoms with Crippen LogP contribution in [0.2, 0.25) is 0 Å². The van der Waals surface area contributed by atoms with Crippen LogP contribution in [0.25, 0.3) is 0 Å². The molecule has 1 unspecified atom stereocenters.